The minimum absolute atomic E-state index is 0.0290. The zero-order chi connectivity index (χ0) is 27.6. The van der Waals surface area contributed by atoms with E-state index in [-0.39, 0.29) is 62.5 Å². The lowest BCUT2D eigenvalue weighted by Crippen LogP contribution is -2.53. The summed E-state index contributed by atoms with van der Waals surface area (Å²) < 4.78 is 11.0. The van der Waals surface area contributed by atoms with E-state index < -0.39 is 17.4 Å². The first-order chi connectivity index (χ1) is 17.5. The lowest BCUT2D eigenvalue weighted by Gasteiger charge is -2.59. The molecular weight excluding hydrogens is 476 g/mol. The third-order valence-corrected chi connectivity index (χ3v) is 9.15. The number of ether oxygens (including phenoxy) is 2. The summed E-state index contributed by atoms with van der Waals surface area (Å²) in [6.07, 6.45) is 9.10. The van der Waals surface area contributed by atoms with Crippen LogP contribution < -0.4 is 0 Å². The third kappa shape index (κ3) is 7.66. The molecule has 0 amide bonds. The fourth-order valence-corrected chi connectivity index (χ4v) is 6.36. The number of hydrogen-bond donors (Lipinski definition) is 3. The minimum Gasteiger partial charge on any atom is -0.481 e. The molecular formula is C29H46O8. The highest BCUT2D eigenvalue weighted by Gasteiger charge is 2.56. The predicted molar refractivity (Wildman–Crippen MR) is 139 cm³/mol. The zero-order valence-electron chi connectivity index (χ0n) is 23.0. The zero-order valence-corrected chi connectivity index (χ0v) is 23.0. The van der Waals surface area contributed by atoms with Gasteiger partial charge < -0.3 is 24.8 Å². The highest BCUT2D eigenvalue weighted by atomic mass is 16.5. The van der Waals surface area contributed by atoms with Crippen molar-refractivity contribution in [1.82, 2.24) is 0 Å². The van der Waals surface area contributed by atoms with Crippen molar-refractivity contribution in [2.75, 3.05) is 26.4 Å². The van der Waals surface area contributed by atoms with Gasteiger partial charge in [-0.05, 0) is 87.5 Å². The Morgan fingerprint density at radius 2 is 1.89 bits per heavy atom. The Morgan fingerprint density at radius 3 is 2.51 bits per heavy atom. The smallest absolute Gasteiger partial charge is 0.333 e. The quantitative estimate of drug-likeness (QED) is 0.173. The maximum Gasteiger partial charge on any atom is 0.333 e. The average Bonchev–Trinajstić information content (AvgIpc) is 2.89. The molecule has 0 aliphatic heterocycles. The molecule has 2 aliphatic rings. The summed E-state index contributed by atoms with van der Waals surface area (Å²) >= 11 is 0. The second-order valence-corrected chi connectivity index (χ2v) is 11.2. The van der Waals surface area contributed by atoms with Gasteiger partial charge in [-0.1, -0.05) is 26.0 Å². The molecule has 0 aromatic rings. The first kappa shape index (κ1) is 31.0. The highest BCUT2D eigenvalue weighted by Crippen LogP contribution is 2.62. The maximum absolute atomic E-state index is 12.1. The lowest BCUT2D eigenvalue weighted by molar-refractivity contribution is -0.148. The molecule has 0 aromatic carbocycles. The number of allylic oxidation sites excluding steroid dienone is 2. The second kappa shape index (κ2) is 14.1. The van der Waals surface area contributed by atoms with Crippen LogP contribution in [0.5, 0.6) is 0 Å². The van der Waals surface area contributed by atoms with E-state index in [0.717, 1.165) is 44.1 Å². The Hall–Kier alpha value is -2.19. The van der Waals surface area contributed by atoms with E-state index in [0.29, 0.717) is 17.9 Å². The van der Waals surface area contributed by atoms with E-state index in [1.54, 1.807) is 19.9 Å². The summed E-state index contributed by atoms with van der Waals surface area (Å²) in [4.78, 5) is 35.0. The van der Waals surface area contributed by atoms with Crippen LogP contribution in [0.4, 0.5) is 0 Å². The Bertz CT molecular complexity index is 862. The summed E-state index contributed by atoms with van der Waals surface area (Å²) in [5.41, 5.74) is 0.934. The van der Waals surface area contributed by atoms with Crippen molar-refractivity contribution in [1.29, 1.82) is 0 Å². The number of aliphatic carboxylic acids is 1. The molecule has 1 fully saturated rings. The van der Waals surface area contributed by atoms with Gasteiger partial charge in [-0.25, -0.2) is 4.79 Å². The third-order valence-electron chi connectivity index (χ3n) is 9.15. The molecule has 2 aliphatic carbocycles. The number of carbonyl (C=O) groups is 3. The molecule has 0 unspecified atom stereocenters. The normalized spacial score (nSPS) is 28.6. The Balaban J connectivity index is 2.15. The topological polar surface area (TPSA) is 130 Å². The molecule has 1 saturated carbocycles. The number of carboxylic acid groups (broad SMARTS) is 1. The molecule has 37 heavy (non-hydrogen) atoms. The standard InChI is InChI=1S/C29H46O8/c1-5-20(2)27(35)37-17-22(13-16-30)12-14-28(4)21(3)11-15-29(19-31)23(7-6-8-24(28)29)18-36-26(34)10-9-25(32)33/h5,7,21-22,24,30-31H,6,8-19H2,1-4H3,(H,32,33)/b20-5-/t21-,22+,24-,28-,29+/m1/s1. The SMILES string of the molecule is C/C=C(/C)C(=O)OC[C@H](CCO)CC[C@]1(C)[C@H](C)CC[C@]2(CO)C(COC(=O)CCC(=O)O)=CCC[C@@H]21. The summed E-state index contributed by atoms with van der Waals surface area (Å²) in [6, 6.07) is 0. The molecule has 5 atom stereocenters. The van der Waals surface area contributed by atoms with Crippen LogP contribution in [0.3, 0.4) is 0 Å². The van der Waals surface area contributed by atoms with E-state index in [1.807, 2.05) is 0 Å². The summed E-state index contributed by atoms with van der Waals surface area (Å²) in [5, 5.41) is 29.2. The number of aliphatic hydroxyl groups is 2. The monoisotopic (exact) mass is 522 g/mol. The molecule has 210 valence electrons. The van der Waals surface area contributed by atoms with Crippen molar-refractivity contribution >= 4 is 17.9 Å². The molecule has 0 saturated heterocycles. The first-order valence-electron chi connectivity index (χ1n) is 13.6. The van der Waals surface area contributed by atoms with Gasteiger partial charge in [0.15, 0.2) is 0 Å². The van der Waals surface area contributed by atoms with Gasteiger partial charge in [0.25, 0.3) is 0 Å². The molecule has 2 rings (SSSR count). The minimum atomic E-state index is -1.04. The molecule has 0 heterocycles. The number of hydrogen-bond acceptors (Lipinski definition) is 7. The highest BCUT2D eigenvalue weighted by molar-refractivity contribution is 5.87. The maximum atomic E-state index is 12.1. The van der Waals surface area contributed by atoms with Gasteiger partial charge in [0, 0.05) is 17.6 Å². The van der Waals surface area contributed by atoms with E-state index in [9.17, 15) is 24.6 Å². The summed E-state index contributed by atoms with van der Waals surface area (Å²) in [7, 11) is 0. The molecule has 8 heteroatoms. The van der Waals surface area contributed by atoms with Gasteiger partial charge >= 0.3 is 17.9 Å². The largest absolute Gasteiger partial charge is 0.481 e. The lowest BCUT2D eigenvalue weighted by atomic mass is 9.46. The van der Waals surface area contributed by atoms with Crippen LogP contribution in [0.15, 0.2) is 23.3 Å². The molecule has 0 bridgehead atoms. The van der Waals surface area contributed by atoms with Crippen molar-refractivity contribution < 1.29 is 39.2 Å². The van der Waals surface area contributed by atoms with Crippen LogP contribution >= 0.6 is 0 Å². The molecule has 3 N–H and O–H groups in total. The Morgan fingerprint density at radius 1 is 1.16 bits per heavy atom. The molecule has 0 aromatic heterocycles. The Labute approximate surface area is 221 Å². The van der Waals surface area contributed by atoms with Gasteiger partial charge in [0.2, 0.25) is 0 Å². The fraction of sp³-hybridized carbons (Fsp3) is 0.759. The number of aliphatic hydroxyl groups excluding tert-OH is 2. The van der Waals surface area contributed by atoms with Crippen LogP contribution in [-0.4, -0.2) is 59.7 Å². The van der Waals surface area contributed by atoms with Gasteiger partial charge in [-0.15, -0.1) is 0 Å². The number of rotatable bonds is 14. The summed E-state index contributed by atoms with van der Waals surface area (Å²) in [5.74, 6) is -1.26. The number of esters is 2. The Kier molecular flexibility index (Phi) is 11.8. The average molecular weight is 523 g/mol. The number of carboxylic acids is 1. The number of carbonyl (C=O) groups excluding carboxylic acids is 2. The molecule has 0 radical (unpaired) electrons. The molecule has 8 nitrogen and oxygen atoms in total. The van der Waals surface area contributed by atoms with Crippen molar-refractivity contribution in [3.05, 3.63) is 23.3 Å². The van der Waals surface area contributed by atoms with Gasteiger partial charge in [0.05, 0.1) is 26.1 Å². The fourth-order valence-electron chi connectivity index (χ4n) is 6.36. The number of fused-ring (bicyclic) bond motifs is 1. The van der Waals surface area contributed by atoms with Crippen LogP contribution in [0, 0.1) is 28.6 Å². The van der Waals surface area contributed by atoms with Gasteiger partial charge in [-0.2, -0.15) is 0 Å². The van der Waals surface area contributed by atoms with E-state index >= 15 is 0 Å². The van der Waals surface area contributed by atoms with Crippen molar-refractivity contribution in [2.45, 2.75) is 85.5 Å². The van der Waals surface area contributed by atoms with E-state index in [1.165, 1.54) is 0 Å². The second-order valence-electron chi connectivity index (χ2n) is 11.2. The molecule has 0 spiro atoms. The van der Waals surface area contributed by atoms with E-state index in [4.69, 9.17) is 14.6 Å². The van der Waals surface area contributed by atoms with E-state index in [2.05, 4.69) is 19.9 Å². The van der Waals surface area contributed by atoms with Crippen molar-refractivity contribution in [3.63, 3.8) is 0 Å². The van der Waals surface area contributed by atoms with Crippen LogP contribution in [0.25, 0.3) is 0 Å². The van der Waals surface area contributed by atoms with Crippen LogP contribution in [0.1, 0.15) is 85.5 Å². The predicted octanol–water partition coefficient (Wildman–Crippen LogP) is 4.43. The summed E-state index contributed by atoms with van der Waals surface area (Å²) in [6.45, 7) is 8.42. The van der Waals surface area contributed by atoms with Gasteiger partial charge in [0.1, 0.15) is 6.61 Å². The van der Waals surface area contributed by atoms with Crippen LogP contribution in [0.2, 0.25) is 0 Å². The van der Waals surface area contributed by atoms with Crippen molar-refractivity contribution in [2.24, 2.45) is 28.6 Å². The first-order valence-corrected chi connectivity index (χ1v) is 13.6. The van der Waals surface area contributed by atoms with Gasteiger partial charge in [-0.3, -0.25) is 9.59 Å². The van der Waals surface area contributed by atoms with Crippen molar-refractivity contribution in [3.8, 4) is 0 Å². The van der Waals surface area contributed by atoms with Crippen LogP contribution in [-0.2, 0) is 23.9 Å².